The Balaban J connectivity index is 2.33. The zero-order chi connectivity index (χ0) is 15.2. The van der Waals surface area contributed by atoms with Gasteiger partial charge in [0.05, 0.1) is 11.5 Å². The Morgan fingerprint density at radius 2 is 1.85 bits per heavy atom. The summed E-state index contributed by atoms with van der Waals surface area (Å²) in [6, 6.07) is 4.59. The third-order valence-electron chi connectivity index (χ3n) is 2.07. The van der Waals surface area contributed by atoms with Crippen molar-refractivity contribution in [1.29, 1.82) is 0 Å². The standard InChI is InChI=1S/C11H10F3NO5/c12-11(13,14)6-1-7-19-10(16)20-9-4-2-8(3-5-9)15(17)18/h2-5H,1,6-7H2. The summed E-state index contributed by atoms with van der Waals surface area (Å²) in [4.78, 5) is 20.8. The highest BCUT2D eigenvalue weighted by Gasteiger charge is 2.26. The Labute approximate surface area is 111 Å². The summed E-state index contributed by atoms with van der Waals surface area (Å²) in [7, 11) is 0. The Hall–Kier alpha value is -2.32. The molecule has 0 fully saturated rings. The van der Waals surface area contributed by atoms with E-state index >= 15 is 0 Å². The number of ether oxygens (including phenoxy) is 2. The Morgan fingerprint density at radius 1 is 1.25 bits per heavy atom. The van der Waals surface area contributed by atoms with Crippen LogP contribution < -0.4 is 4.74 Å². The van der Waals surface area contributed by atoms with Crippen LogP contribution in [0.1, 0.15) is 12.8 Å². The van der Waals surface area contributed by atoms with E-state index in [0.717, 1.165) is 12.1 Å². The molecular formula is C11H10F3NO5. The minimum Gasteiger partial charge on any atom is -0.434 e. The number of benzene rings is 1. The minimum atomic E-state index is -4.30. The van der Waals surface area contributed by atoms with E-state index in [1.165, 1.54) is 12.1 Å². The highest BCUT2D eigenvalue weighted by Crippen LogP contribution is 2.21. The number of nitro benzene ring substituents is 1. The summed E-state index contributed by atoms with van der Waals surface area (Å²) in [5.41, 5.74) is -0.184. The Bertz CT molecular complexity index is 472. The quantitative estimate of drug-likeness (QED) is 0.273. The van der Waals surface area contributed by atoms with Gasteiger partial charge in [0.15, 0.2) is 0 Å². The van der Waals surface area contributed by atoms with Gasteiger partial charge >= 0.3 is 12.3 Å². The zero-order valence-electron chi connectivity index (χ0n) is 10.1. The highest BCUT2D eigenvalue weighted by molar-refractivity contribution is 5.63. The molecular weight excluding hydrogens is 283 g/mol. The number of nitro groups is 1. The average Bonchev–Trinajstić information content (AvgIpc) is 2.34. The summed E-state index contributed by atoms with van der Waals surface area (Å²) in [5.74, 6) is -0.00331. The molecule has 0 aliphatic rings. The van der Waals surface area contributed by atoms with Gasteiger partial charge in [-0.1, -0.05) is 0 Å². The molecule has 1 aromatic rings. The van der Waals surface area contributed by atoms with E-state index in [2.05, 4.69) is 9.47 Å². The van der Waals surface area contributed by atoms with Gasteiger partial charge in [-0.05, 0) is 18.6 Å². The van der Waals surface area contributed by atoms with Crippen LogP contribution in [-0.4, -0.2) is 23.9 Å². The number of hydrogen-bond acceptors (Lipinski definition) is 5. The van der Waals surface area contributed by atoms with Crippen molar-refractivity contribution in [1.82, 2.24) is 0 Å². The number of rotatable bonds is 5. The topological polar surface area (TPSA) is 78.7 Å². The maximum atomic E-state index is 11.8. The molecule has 0 radical (unpaired) electrons. The van der Waals surface area contributed by atoms with Crippen molar-refractivity contribution in [3.05, 3.63) is 34.4 Å². The van der Waals surface area contributed by atoms with Crippen LogP contribution in [-0.2, 0) is 4.74 Å². The summed E-state index contributed by atoms with van der Waals surface area (Å²) >= 11 is 0. The van der Waals surface area contributed by atoms with Crippen LogP contribution in [0.4, 0.5) is 23.7 Å². The van der Waals surface area contributed by atoms with Gasteiger partial charge in [-0.3, -0.25) is 10.1 Å². The number of halogens is 3. The normalized spacial score (nSPS) is 10.9. The van der Waals surface area contributed by atoms with Gasteiger partial charge in [-0.15, -0.1) is 0 Å². The van der Waals surface area contributed by atoms with Gasteiger partial charge in [0, 0.05) is 18.6 Å². The van der Waals surface area contributed by atoms with E-state index in [4.69, 9.17) is 0 Å². The van der Waals surface area contributed by atoms with Crippen LogP contribution in [0.15, 0.2) is 24.3 Å². The lowest BCUT2D eigenvalue weighted by molar-refractivity contribution is -0.384. The second-order valence-electron chi connectivity index (χ2n) is 3.67. The number of carbonyl (C=O) groups excluding carboxylic acids is 1. The van der Waals surface area contributed by atoms with Crippen molar-refractivity contribution >= 4 is 11.8 Å². The zero-order valence-corrected chi connectivity index (χ0v) is 10.1. The molecule has 0 aromatic heterocycles. The molecule has 0 N–H and O–H groups in total. The van der Waals surface area contributed by atoms with Crippen LogP contribution >= 0.6 is 0 Å². The largest absolute Gasteiger partial charge is 0.513 e. The fourth-order valence-corrected chi connectivity index (χ4v) is 1.19. The van der Waals surface area contributed by atoms with Gasteiger partial charge in [-0.2, -0.15) is 13.2 Å². The lowest BCUT2D eigenvalue weighted by atomic mass is 10.3. The molecule has 20 heavy (non-hydrogen) atoms. The van der Waals surface area contributed by atoms with Crippen LogP contribution in [0.2, 0.25) is 0 Å². The molecule has 0 bridgehead atoms. The molecule has 0 spiro atoms. The molecule has 0 unspecified atom stereocenters. The third kappa shape index (κ3) is 6.03. The maximum absolute atomic E-state index is 11.8. The van der Waals surface area contributed by atoms with Crippen molar-refractivity contribution in [2.75, 3.05) is 6.61 Å². The van der Waals surface area contributed by atoms with Crippen molar-refractivity contribution in [3.63, 3.8) is 0 Å². The first-order valence-electron chi connectivity index (χ1n) is 5.44. The SMILES string of the molecule is O=C(OCCCC(F)(F)F)Oc1ccc([N+](=O)[O-])cc1. The van der Waals surface area contributed by atoms with E-state index < -0.39 is 30.3 Å². The van der Waals surface area contributed by atoms with Crippen molar-refractivity contribution in [3.8, 4) is 5.75 Å². The minimum absolute atomic E-state index is 0.00331. The molecule has 0 saturated heterocycles. The molecule has 1 aromatic carbocycles. The van der Waals surface area contributed by atoms with Crippen molar-refractivity contribution in [2.45, 2.75) is 19.0 Å². The first-order valence-corrected chi connectivity index (χ1v) is 5.44. The fraction of sp³-hybridized carbons (Fsp3) is 0.364. The fourth-order valence-electron chi connectivity index (χ4n) is 1.19. The average molecular weight is 293 g/mol. The molecule has 0 aliphatic carbocycles. The molecule has 0 heterocycles. The number of non-ortho nitro benzene ring substituents is 1. The smallest absolute Gasteiger partial charge is 0.434 e. The predicted octanol–water partition coefficient (Wildman–Crippen LogP) is 3.45. The molecule has 6 nitrogen and oxygen atoms in total. The molecule has 0 aliphatic heterocycles. The first kappa shape index (κ1) is 15.7. The monoisotopic (exact) mass is 293 g/mol. The van der Waals surface area contributed by atoms with Crippen molar-refractivity contribution in [2.24, 2.45) is 0 Å². The Kier molecular flexibility index (Phi) is 5.30. The summed E-state index contributed by atoms with van der Waals surface area (Å²) in [6.07, 6.45) is -6.89. The number of carbonyl (C=O) groups is 1. The van der Waals surface area contributed by atoms with Gasteiger partial charge in [0.25, 0.3) is 5.69 Å². The highest BCUT2D eigenvalue weighted by atomic mass is 19.4. The molecule has 0 atom stereocenters. The first-order chi connectivity index (χ1) is 9.28. The predicted molar refractivity (Wildman–Crippen MR) is 60.4 cm³/mol. The van der Waals surface area contributed by atoms with E-state index in [-0.39, 0.29) is 17.9 Å². The summed E-state index contributed by atoms with van der Waals surface area (Å²) in [5, 5.41) is 10.4. The summed E-state index contributed by atoms with van der Waals surface area (Å²) in [6.45, 7) is -0.425. The third-order valence-corrected chi connectivity index (χ3v) is 2.07. The molecule has 0 amide bonds. The lowest BCUT2D eigenvalue weighted by Gasteiger charge is -2.07. The number of nitrogens with zero attached hydrogens (tertiary/aromatic N) is 1. The number of alkyl halides is 3. The van der Waals surface area contributed by atoms with Crippen LogP contribution in [0, 0.1) is 10.1 Å². The number of hydrogen-bond donors (Lipinski definition) is 0. The Morgan fingerprint density at radius 3 is 2.35 bits per heavy atom. The van der Waals surface area contributed by atoms with Crippen LogP contribution in [0.3, 0.4) is 0 Å². The molecule has 9 heteroatoms. The van der Waals surface area contributed by atoms with E-state index in [1.54, 1.807) is 0 Å². The van der Waals surface area contributed by atoms with Gasteiger partial charge < -0.3 is 9.47 Å². The van der Waals surface area contributed by atoms with E-state index in [1.807, 2.05) is 0 Å². The summed E-state index contributed by atoms with van der Waals surface area (Å²) < 4.78 is 44.4. The van der Waals surface area contributed by atoms with Crippen LogP contribution in [0.25, 0.3) is 0 Å². The lowest BCUT2D eigenvalue weighted by Crippen LogP contribution is -2.14. The second kappa shape index (κ2) is 6.73. The van der Waals surface area contributed by atoms with Gasteiger partial charge in [0.1, 0.15) is 5.75 Å². The van der Waals surface area contributed by atoms with E-state index in [0.29, 0.717) is 0 Å². The van der Waals surface area contributed by atoms with Gasteiger partial charge in [0.2, 0.25) is 0 Å². The maximum Gasteiger partial charge on any atom is 0.513 e. The molecule has 110 valence electrons. The van der Waals surface area contributed by atoms with Crippen molar-refractivity contribution < 1.29 is 32.4 Å². The molecule has 0 saturated carbocycles. The van der Waals surface area contributed by atoms with Gasteiger partial charge in [-0.25, -0.2) is 4.79 Å². The van der Waals surface area contributed by atoms with Crippen LogP contribution in [0.5, 0.6) is 5.75 Å². The molecule has 1 rings (SSSR count). The second-order valence-corrected chi connectivity index (χ2v) is 3.67. The van der Waals surface area contributed by atoms with E-state index in [9.17, 15) is 28.1 Å².